The number of phenolic OH excluding ortho intramolecular Hbond substituents is 2. The van der Waals surface area contributed by atoms with Crippen LogP contribution in [0.1, 0.15) is 53.3 Å². The molecule has 0 heterocycles. The lowest BCUT2D eigenvalue weighted by Gasteiger charge is -2.18. The van der Waals surface area contributed by atoms with Crippen LogP contribution in [0.2, 0.25) is 0 Å². The summed E-state index contributed by atoms with van der Waals surface area (Å²) >= 11 is 0. The number of phenols is 2. The highest BCUT2D eigenvalue weighted by atomic mass is 16.3. The summed E-state index contributed by atoms with van der Waals surface area (Å²) < 4.78 is 0. The third-order valence-electron chi connectivity index (χ3n) is 6.34. The molecule has 34 heavy (non-hydrogen) atoms. The van der Waals surface area contributed by atoms with Gasteiger partial charge in [-0.1, -0.05) is 48.5 Å². The molecule has 1 unspecified atom stereocenters. The first-order valence-electron chi connectivity index (χ1n) is 11.8. The summed E-state index contributed by atoms with van der Waals surface area (Å²) in [4.78, 5) is 12.7. The van der Waals surface area contributed by atoms with E-state index < -0.39 is 6.10 Å². The topological polar surface area (TPSA) is 102 Å². The van der Waals surface area contributed by atoms with E-state index in [2.05, 4.69) is 28.8 Å². The summed E-state index contributed by atoms with van der Waals surface area (Å²) in [5, 5.41) is 36.1. The van der Waals surface area contributed by atoms with Crippen molar-refractivity contribution in [2.45, 2.75) is 50.8 Å². The minimum atomic E-state index is -0.851. The number of aromatic hydroxyl groups is 2. The van der Waals surface area contributed by atoms with E-state index in [-0.39, 0.29) is 36.0 Å². The van der Waals surface area contributed by atoms with Gasteiger partial charge in [0.05, 0.1) is 18.6 Å². The molecule has 5 N–H and O–H groups in total. The molecule has 0 saturated heterocycles. The number of aliphatic hydroxyl groups excluding tert-OH is 1. The second kappa shape index (κ2) is 10.7. The van der Waals surface area contributed by atoms with Gasteiger partial charge in [-0.05, 0) is 66.1 Å². The zero-order valence-corrected chi connectivity index (χ0v) is 19.4. The van der Waals surface area contributed by atoms with Crippen LogP contribution < -0.4 is 10.6 Å². The Morgan fingerprint density at radius 3 is 2.53 bits per heavy atom. The van der Waals surface area contributed by atoms with E-state index in [0.717, 1.165) is 30.4 Å². The van der Waals surface area contributed by atoms with E-state index in [9.17, 15) is 20.1 Å². The minimum absolute atomic E-state index is 0.0301. The van der Waals surface area contributed by atoms with Gasteiger partial charge in [0.1, 0.15) is 11.5 Å². The lowest BCUT2D eigenvalue weighted by molar-refractivity contribution is -0.121. The van der Waals surface area contributed by atoms with Crippen molar-refractivity contribution in [1.82, 2.24) is 10.6 Å². The molecule has 0 radical (unpaired) electrons. The molecular weight excluding hydrogens is 428 g/mol. The van der Waals surface area contributed by atoms with Crippen LogP contribution in [0.25, 0.3) is 0 Å². The zero-order valence-electron chi connectivity index (χ0n) is 19.4. The Hall–Kier alpha value is -3.35. The normalized spacial score (nSPS) is 16.6. The summed E-state index contributed by atoms with van der Waals surface area (Å²) in [6.07, 6.45) is 2.18. The van der Waals surface area contributed by atoms with Gasteiger partial charge in [0.2, 0.25) is 5.91 Å². The molecule has 1 amide bonds. The van der Waals surface area contributed by atoms with Crippen molar-refractivity contribution in [3.63, 3.8) is 0 Å². The fourth-order valence-corrected chi connectivity index (χ4v) is 4.67. The van der Waals surface area contributed by atoms with Gasteiger partial charge >= 0.3 is 0 Å². The van der Waals surface area contributed by atoms with Crippen molar-refractivity contribution in [2.75, 3.05) is 6.54 Å². The smallest absolute Gasteiger partial charge is 0.224 e. The molecule has 1 aliphatic carbocycles. The van der Waals surface area contributed by atoms with Crippen LogP contribution in [-0.2, 0) is 24.1 Å². The van der Waals surface area contributed by atoms with Gasteiger partial charge in [-0.2, -0.15) is 0 Å². The molecule has 0 saturated carbocycles. The first-order chi connectivity index (χ1) is 16.4. The number of carbonyl (C=O) groups is 1. The molecule has 178 valence electrons. The predicted octanol–water partition coefficient (Wildman–Crippen LogP) is 3.70. The Morgan fingerprint density at radius 2 is 1.74 bits per heavy atom. The van der Waals surface area contributed by atoms with Crippen molar-refractivity contribution in [1.29, 1.82) is 0 Å². The number of fused-ring (bicyclic) bond motifs is 1. The van der Waals surface area contributed by atoms with Gasteiger partial charge in [-0.25, -0.2) is 0 Å². The third kappa shape index (κ3) is 6.16. The predicted molar refractivity (Wildman–Crippen MR) is 132 cm³/mol. The van der Waals surface area contributed by atoms with E-state index in [0.29, 0.717) is 12.0 Å². The zero-order chi connectivity index (χ0) is 24.1. The van der Waals surface area contributed by atoms with Crippen LogP contribution in [-0.4, -0.2) is 33.8 Å². The molecule has 6 nitrogen and oxygen atoms in total. The standard InChI is InChI=1S/C28H32N2O4/c1-18(29-17-27(33)22-14-23(31)16-24(32)15-22)11-19-5-4-6-20(12-19)13-28(34)30-26-10-9-21-7-2-3-8-25(21)26/h2-8,12,14-16,18,26-27,29,31-33H,9-11,13,17H2,1H3,(H,30,34)/t18-,26?,27+/m1/s1. The molecule has 0 fully saturated rings. The minimum Gasteiger partial charge on any atom is -0.508 e. The summed E-state index contributed by atoms with van der Waals surface area (Å²) in [5.74, 6) is -0.136. The van der Waals surface area contributed by atoms with Crippen LogP contribution in [0.4, 0.5) is 0 Å². The summed E-state index contributed by atoms with van der Waals surface area (Å²) in [5.41, 5.74) is 5.09. The Bertz CT molecular complexity index is 1130. The van der Waals surface area contributed by atoms with E-state index in [4.69, 9.17) is 0 Å². The number of aliphatic hydroxyl groups is 1. The van der Waals surface area contributed by atoms with Gasteiger partial charge in [0.25, 0.3) is 0 Å². The number of rotatable bonds is 9. The lowest BCUT2D eigenvalue weighted by atomic mass is 10.0. The van der Waals surface area contributed by atoms with Gasteiger partial charge < -0.3 is 26.0 Å². The quantitative estimate of drug-likeness (QED) is 0.335. The van der Waals surface area contributed by atoms with Gasteiger partial charge in [-0.3, -0.25) is 4.79 Å². The SMILES string of the molecule is C[C@H](Cc1cccc(CC(=O)NC2CCc3ccccc32)c1)NC[C@H](O)c1cc(O)cc(O)c1. The molecule has 3 atom stereocenters. The van der Waals surface area contributed by atoms with Crippen molar-refractivity contribution in [3.05, 3.63) is 94.5 Å². The number of carbonyl (C=O) groups excluding carboxylic acids is 1. The monoisotopic (exact) mass is 460 g/mol. The fourth-order valence-electron chi connectivity index (χ4n) is 4.67. The first kappa shape index (κ1) is 23.8. The van der Waals surface area contributed by atoms with Crippen molar-refractivity contribution < 1.29 is 20.1 Å². The molecule has 0 aliphatic heterocycles. The molecule has 1 aliphatic rings. The van der Waals surface area contributed by atoms with Crippen LogP contribution in [0.5, 0.6) is 11.5 Å². The van der Waals surface area contributed by atoms with E-state index >= 15 is 0 Å². The molecule has 0 spiro atoms. The average Bonchev–Trinajstić information content (AvgIpc) is 3.19. The Labute approximate surface area is 200 Å². The van der Waals surface area contributed by atoms with Crippen LogP contribution in [0.3, 0.4) is 0 Å². The molecule has 6 heteroatoms. The van der Waals surface area contributed by atoms with E-state index in [1.807, 2.05) is 37.3 Å². The van der Waals surface area contributed by atoms with Gasteiger partial charge in [0, 0.05) is 18.7 Å². The van der Waals surface area contributed by atoms with Crippen molar-refractivity contribution >= 4 is 5.91 Å². The molecule has 4 rings (SSSR count). The number of hydrogen-bond donors (Lipinski definition) is 5. The fraction of sp³-hybridized carbons (Fsp3) is 0.321. The maximum Gasteiger partial charge on any atom is 0.224 e. The summed E-state index contributed by atoms with van der Waals surface area (Å²) in [6, 6.07) is 20.6. The molecule has 3 aromatic carbocycles. The first-order valence-corrected chi connectivity index (χ1v) is 11.8. The molecule has 0 bridgehead atoms. The van der Waals surface area contributed by atoms with Crippen molar-refractivity contribution in [2.24, 2.45) is 0 Å². The number of aryl methyl sites for hydroxylation is 1. The summed E-state index contributed by atoms with van der Waals surface area (Å²) in [6.45, 7) is 2.32. The van der Waals surface area contributed by atoms with Crippen LogP contribution in [0, 0.1) is 0 Å². The maximum absolute atomic E-state index is 12.7. The van der Waals surface area contributed by atoms with E-state index in [1.165, 1.54) is 29.3 Å². The van der Waals surface area contributed by atoms with Gasteiger partial charge in [0.15, 0.2) is 0 Å². The van der Waals surface area contributed by atoms with Crippen LogP contribution >= 0.6 is 0 Å². The number of hydrogen-bond acceptors (Lipinski definition) is 5. The highest BCUT2D eigenvalue weighted by Crippen LogP contribution is 2.30. The molecule has 3 aromatic rings. The maximum atomic E-state index is 12.7. The second-order valence-corrected chi connectivity index (χ2v) is 9.17. The van der Waals surface area contributed by atoms with Crippen LogP contribution in [0.15, 0.2) is 66.7 Å². The number of benzene rings is 3. The Morgan fingerprint density at radius 1 is 1.00 bits per heavy atom. The largest absolute Gasteiger partial charge is 0.508 e. The number of nitrogens with one attached hydrogen (secondary N) is 2. The summed E-state index contributed by atoms with van der Waals surface area (Å²) in [7, 11) is 0. The highest BCUT2D eigenvalue weighted by Gasteiger charge is 2.23. The molecule has 0 aromatic heterocycles. The molecular formula is C28H32N2O4. The number of amides is 1. The van der Waals surface area contributed by atoms with Crippen molar-refractivity contribution in [3.8, 4) is 11.5 Å². The Kier molecular flexibility index (Phi) is 7.50. The lowest BCUT2D eigenvalue weighted by Crippen LogP contribution is -2.32. The Balaban J connectivity index is 1.28. The van der Waals surface area contributed by atoms with E-state index in [1.54, 1.807) is 0 Å². The van der Waals surface area contributed by atoms with Gasteiger partial charge in [-0.15, -0.1) is 0 Å². The second-order valence-electron chi connectivity index (χ2n) is 9.17. The average molecular weight is 461 g/mol. The third-order valence-corrected chi connectivity index (χ3v) is 6.34. The highest BCUT2D eigenvalue weighted by molar-refractivity contribution is 5.79.